The third-order valence-corrected chi connectivity index (χ3v) is 2.51. The van der Waals surface area contributed by atoms with Gasteiger partial charge in [-0.1, -0.05) is 0 Å². The summed E-state index contributed by atoms with van der Waals surface area (Å²) in [6, 6.07) is 0. The summed E-state index contributed by atoms with van der Waals surface area (Å²) >= 11 is 0. The SMILES string of the molecule is CC(CC(C)(N)C(=O)O)OCC1CC1. The van der Waals surface area contributed by atoms with Crippen molar-refractivity contribution in [1.29, 1.82) is 0 Å². The summed E-state index contributed by atoms with van der Waals surface area (Å²) in [5, 5.41) is 8.80. The zero-order valence-electron chi connectivity index (χ0n) is 8.82. The average Bonchev–Trinajstić information content (AvgIpc) is 2.82. The maximum atomic E-state index is 10.7. The van der Waals surface area contributed by atoms with Gasteiger partial charge in [0.05, 0.1) is 6.10 Å². The maximum Gasteiger partial charge on any atom is 0.323 e. The number of hydrogen-bond donors (Lipinski definition) is 2. The Morgan fingerprint density at radius 3 is 2.71 bits per heavy atom. The van der Waals surface area contributed by atoms with E-state index in [0.717, 1.165) is 6.61 Å². The molecular formula is C10H19NO3. The van der Waals surface area contributed by atoms with Crippen LogP contribution in [0, 0.1) is 5.92 Å². The van der Waals surface area contributed by atoms with Gasteiger partial charge in [0.25, 0.3) is 0 Å². The van der Waals surface area contributed by atoms with Crippen molar-refractivity contribution in [2.75, 3.05) is 6.61 Å². The molecule has 0 radical (unpaired) electrons. The number of ether oxygens (including phenoxy) is 1. The van der Waals surface area contributed by atoms with Gasteiger partial charge in [-0.2, -0.15) is 0 Å². The molecule has 0 aliphatic heterocycles. The predicted octanol–water partition coefficient (Wildman–Crippen LogP) is 0.994. The van der Waals surface area contributed by atoms with Gasteiger partial charge >= 0.3 is 5.97 Å². The molecule has 1 fully saturated rings. The summed E-state index contributed by atoms with van der Waals surface area (Å²) in [4.78, 5) is 10.7. The highest BCUT2D eigenvalue weighted by molar-refractivity contribution is 5.77. The lowest BCUT2D eigenvalue weighted by molar-refractivity contribution is -0.144. The van der Waals surface area contributed by atoms with E-state index in [2.05, 4.69) is 0 Å². The first-order valence-corrected chi connectivity index (χ1v) is 5.05. The number of hydrogen-bond acceptors (Lipinski definition) is 3. The molecule has 4 heteroatoms. The number of carboxylic acid groups (broad SMARTS) is 1. The minimum atomic E-state index is -1.18. The van der Waals surface area contributed by atoms with E-state index < -0.39 is 11.5 Å². The fourth-order valence-electron chi connectivity index (χ4n) is 1.33. The first-order valence-electron chi connectivity index (χ1n) is 5.05. The van der Waals surface area contributed by atoms with Gasteiger partial charge in [-0.3, -0.25) is 4.79 Å². The predicted molar refractivity (Wildman–Crippen MR) is 53.0 cm³/mol. The van der Waals surface area contributed by atoms with Crippen LogP contribution in [0.2, 0.25) is 0 Å². The molecule has 1 aliphatic rings. The Morgan fingerprint density at radius 2 is 2.29 bits per heavy atom. The number of carbonyl (C=O) groups is 1. The minimum absolute atomic E-state index is 0.0818. The van der Waals surface area contributed by atoms with Crippen LogP contribution < -0.4 is 5.73 Å². The second-order valence-electron chi connectivity index (χ2n) is 4.51. The molecular weight excluding hydrogens is 182 g/mol. The van der Waals surface area contributed by atoms with Crippen LogP contribution in [-0.4, -0.2) is 29.3 Å². The van der Waals surface area contributed by atoms with E-state index in [4.69, 9.17) is 15.6 Å². The fraction of sp³-hybridized carbons (Fsp3) is 0.900. The molecule has 0 saturated heterocycles. The smallest absolute Gasteiger partial charge is 0.323 e. The molecule has 3 N–H and O–H groups in total. The Bertz CT molecular complexity index is 211. The van der Waals surface area contributed by atoms with Gasteiger partial charge in [-0.15, -0.1) is 0 Å². The maximum absolute atomic E-state index is 10.7. The molecule has 0 aromatic heterocycles. The molecule has 1 saturated carbocycles. The van der Waals surface area contributed by atoms with Gasteiger partial charge in [0, 0.05) is 13.0 Å². The van der Waals surface area contributed by atoms with Crippen LogP contribution in [-0.2, 0) is 9.53 Å². The van der Waals surface area contributed by atoms with Gasteiger partial charge in [0.2, 0.25) is 0 Å². The van der Waals surface area contributed by atoms with Crippen molar-refractivity contribution in [3.8, 4) is 0 Å². The molecule has 1 aliphatic carbocycles. The van der Waals surface area contributed by atoms with Crippen molar-refractivity contribution in [2.45, 2.75) is 44.8 Å². The van der Waals surface area contributed by atoms with Crippen molar-refractivity contribution < 1.29 is 14.6 Å². The quantitative estimate of drug-likeness (QED) is 0.672. The Kier molecular flexibility index (Phi) is 3.50. The molecule has 0 spiro atoms. The third kappa shape index (κ3) is 3.64. The number of aliphatic carboxylic acids is 1. The first kappa shape index (κ1) is 11.5. The summed E-state index contributed by atoms with van der Waals surface area (Å²) in [7, 11) is 0. The van der Waals surface area contributed by atoms with Gasteiger partial charge < -0.3 is 15.6 Å². The largest absolute Gasteiger partial charge is 0.480 e. The van der Waals surface area contributed by atoms with Gasteiger partial charge in [0.15, 0.2) is 0 Å². The van der Waals surface area contributed by atoms with Gasteiger partial charge in [-0.05, 0) is 32.6 Å². The molecule has 0 aromatic rings. The van der Waals surface area contributed by atoms with E-state index in [1.165, 1.54) is 19.8 Å². The number of rotatable bonds is 6. The van der Waals surface area contributed by atoms with E-state index in [1.54, 1.807) is 0 Å². The lowest BCUT2D eigenvalue weighted by Crippen LogP contribution is -2.47. The Hall–Kier alpha value is -0.610. The summed E-state index contributed by atoms with van der Waals surface area (Å²) in [6.45, 7) is 4.14. The highest BCUT2D eigenvalue weighted by atomic mass is 16.5. The topological polar surface area (TPSA) is 72.6 Å². The molecule has 82 valence electrons. The van der Waals surface area contributed by atoms with Crippen LogP contribution in [0.1, 0.15) is 33.1 Å². The Labute approximate surface area is 84.4 Å². The summed E-state index contributed by atoms with van der Waals surface area (Å²) in [6.07, 6.45) is 2.76. The van der Waals surface area contributed by atoms with Crippen LogP contribution in [0.4, 0.5) is 0 Å². The van der Waals surface area contributed by atoms with Crippen molar-refractivity contribution in [3.63, 3.8) is 0 Å². The molecule has 0 bridgehead atoms. The molecule has 4 nitrogen and oxygen atoms in total. The second kappa shape index (κ2) is 4.28. The lowest BCUT2D eigenvalue weighted by atomic mass is 9.96. The summed E-state index contributed by atoms with van der Waals surface area (Å²) < 4.78 is 5.51. The molecule has 2 atom stereocenters. The van der Waals surface area contributed by atoms with E-state index >= 15 is 0 Å². The summed E-state index contributed by atoms with van der Waals surface area (Å²) in [5.74, 6) is -0.273. The molecule has 14 heavy (non-hydrogen) atoms. The molecule has 2 unspecified atom stereocenters. The van der Waals surface area contributed by atoms with Crippen molar-refractivity contribution in [3.05, 3.63) is 0 Å². The van der Waals surface area contributed by atoms with E-state index in [-0.39, 0.29) is 6.10 Å². The van der Waals surface area contributed by atoms with Crippen LogP contribution >= 0.6 is 0 Å². The third-order valence-electron chi connectivity index (χ3n) is 2.51. The van der Waals surface area contributed by atoms with Crippen molar-refractivity contribution >= 4 is 5.97 Å². The van der Waals surface area contributed by atoms with Crippen LogP contribution in [0.3, 0.4) is 0 Å². The first-order chi connectivity index (χ1) is 6.42. The van der Waals surface area contributed by atoms with Crippen molar-refractivity contribution in [2.24, 2.45) is 11.7 Å². The molecule has 0 amide bonds. The van der Waals surface area contributed by atoms with Crippen LogP contribution in [0.25, 0.3) is 0 Å². The molecule has 0 heterocycles. The van der Waals surface area contributed by atoms with Gasteiger partial charge in [0.1, 0.15) is 5.54 Å². The van der Waals surface area contributed by atoms with E-state index in [9.17, 15) is 4.79 Å². The summed E-state index contributed by atoms with van der Waals surface area (Å²) in [5.41, 5.74) is 4.43. The van der Waals surface area contributed by atoms with E-state index in [1.807, 2.05) is 6.92 Å². The van der Waals surface area contributed by atoms with Crippen molar-refractivity contribution in [1.82, 2.24) is 0 Å². The molecule has 0 aromatic carbocycles. The lowest BCUT2D eigenvalue weighted by Gasteiger charge is -2.23. The minimum Gasteiger partial charge on any atom is -0.480 e. The Morgan fingerprint density at radius 1 is 1.71 bits per heavy atom. The average molecular weight is 201 g/mol. The zero-order chi connectivity index (χ0) is 10.8. The monoisotopic (exact) mass is 201 g/mol. The Balaban J connectivity index is 2.23. The molecule has 1 rings (SSSR count). The number of nitrogens with two attached hydrogens (primary N) is 1. The normalized spacial score (nSPS) is 22.8. The van der Waals surface area contributed by atoms with Gasteiger partial charge in [-0.25, -0.2) is 0 Å². The van der Waals surface area contributed by atoms with Crippen LogP contribution in [0.5, 0.6) is 0 Å². The van der Waals surface area contributed by atoms with E-state index in [0.29, 0.717) is 12.3 Å². The number of carboxylic acids is 1. The highest BCUT2D eigenvalue weighted by Crippen LogP contribution is 2.29. The fourth-order valence-corrected chi connectivity index (χ4v) is 1.33. The highest BCUT2D eigenvalue weighted by Gasteiger charge is 2.31. The zero-order valence-corrected chi connectivity index (χ0v) is 8.82. The van der Waals surface area contributed by atoms with Crippen LogP contribution in [0.15, 0.2) is 0 Å². The standard InChI is InChI=1S/C10H19NO3/c1-7(14-6-8-3-4-8)5-10(2,11)9(12)13/h7-8H,3-6,11H2,1-2H3,(H,12,13). The second-order valence-corrected chi connectivity index (χ2v) is 4.51.